The van der Waals surface area contributed by atoms with Gasteiger partial charge in [0.1, 0.15) is 4.88 Å². The molecule has 0 saturated heterocycles. The minimum Gasteiger partial charge on any atom is -0.374 e. The van der Waals surface area contributed by atoms with Crippen LogP contribution in [0.15, 0.2) is 11.4 Å². The topological polar surface area (TPSA) is 64.3 Å². The highest BCUT2D eigenvalue weighted by Gasteiger charge is 2.20. The zero-order chi connectivity index (χ0) is 14.3. The van der Waals surface area contributed by atoms with E-state index in [1.54, 1.807) is 0 Å². The number of rotatable bonds is 5. The quantitative estimate of drug-likeness (QED) is 0.805. The molecular weight excluding hydrogens is 260 g/mol. The Hall–Kier alpha value is -1.35. The summed E-state index contributed by atoms with van der Waals surface area (Å²) < 4.78 is 5.54. The van der Waals surface area contributed by atoms with E-state index in [-0.39, 0.29) is 18.1 Å². The van der Waals surface area contributed by atoms with Crippen molar-refractivity contribution in [2.75, 3.05) is 19.7 Å². The van der Waals surface area contributed by atoms with E-state index < -0.39 is 0 Å². The summed E-state index contributed by atoms with van der Waals surface area (Å²) in [4.78, 5) is 12.7. The number of ether oxygens (including phenoxy) is 1. The molecule has 0 unspecified atom stereocenters. The summed E-state index contributed by atoms with van der Waals surface area (Å²) in [5, 5.41) is 4.72. The highest BCUT2D eigenvalue weighted by molar-refractivity contribution is 7.12. The largest absolute Gasteiger partial charge is 0.374 e. The van der Waals surface area contributed by atoms with Gasteiger partial charge in [0.2, 0.25) is 0 Å². The van der Waals surface area contributed by atoms with Gasteiger partial charge in [0.05, 0.1) is 12.1 Å². The molecule has 0 bridgehead atoms. The van der Waals surface area contributed by atoms with Gasteiger partial charge in [0, 0.05) is 18.7 Å². The van der Waals surface area contributed by atoms with Gasteiger partial charge in [-0.25, -0.2) is 0 Å². The fourth-order valence-electron chi connectivity index (χ4n) is 1.54. The third-order valence-electron chi connectivity index (χ3n) is 2.41. The monoisotopic (exact) mass is 280 g/mol. The second-order valence-electron chi connectivity index (χ2n) is 4.54. The van der Waals surface area contributed by atoms with Gasteiger partial charge in [0.25, 0.3) is 5.91 Å². The summed E-state index contributed by atoms with van der Waals surface area (Å²) in [5.41, 5.74) is 5.69. The first-order chi connectivity index (χ1) is 9.00. The normalized spacial score (nSPS) is 10.7. The van der Waals surface area contributed by atoms with Crippen LogP contribution in [0.1, 0.15) is 36.0 Å². The van der Waals surface area contributed by atoms with Crippen LogP contribution in [0.3, 0.4) is 0 Å². The van der Waals surface area contributed by atoms with E-state index in [9.17, 15) is 4.79 Å². The molecule has 1 heterocycles. The number of carbonyl (C=O) groups excluding carboxylic acids is 1. The standard InChI is InChI=1S/C14H20N2O2S/c1-4-18-14(2,3)10-16-13(17)12-11(6-5-8-15)7-9-19-12/h7,9H,4,8,10,15H2,1-3H3,(H,16,17). The first-order valence-corrected chi connectivity index (χ1v) is 7.06. The number of nitrogens with one attached hydrogen (secondary N) is 1. The van der Waals surface area contributed by atoms with Gasteiger partial charge in [-0.05, 0) is 32.2 Å². The molecule has 0 aliphatic carbocycles. The molecule has 5 heteroatoms. The molecular formula is C14H20N2O2S. The van der Waals surface area contributed by atoms with Gasteiger partial charge in [-0.2, -0.15) is 0 Å². The van der Waals surface area contributed by atoms with E-state index in [1.807, 2.05) is 32.2 Å². The Morgan fingerprint density at radius 1 is 1.58 bits per heavy atom. The van der Waals surface area contributed by atoms with Crippen LogP contribution in [0.25, 0.3) is 0 Å². The Bertz CT molecular complexity index is 483. The number of thiophene rings is 1. The predicted molar refractivity (Wildman–Crippen MR) is 78.3 cm³/mol. The molecule has 1 aromatic heterocycles. The lowest BCUT2D eigenvalue weighted by Crippen LogP contribution is -2.40. The smallest absolute Gasteiger partial charge is 0.262 e. The maximum absolute atomic E-state index is 12.1. The fraction of sp³-hybridized carbons (Fsp3) is 0.500. The number of hydrogen-bond acceptors (Lipinski definition) is 4. The van der Waals surface area contributed by atoms with Gasteiger partial charge in [-0.3, -0.25) is 4.79 Å². The Labute approximate surface area is 118 Å². The molecule has 3 N–H and O–H groups in total. The van der Waals surface area contributed by atoms with E-state index in [0.717, 1.165) is 5.56 Å². The van der Waals surface area contributed by atoms with Gasteiger partial charge >= 0.3 is 0 Å². The van der Waals surface area contributed by atoms with Gasteiger partial charge in [-0.15, -0.1) is 11.3 Å². The van der Waals surface area contributed by atoms with Gasteiger partial charge in [0.15, 0.2) is 0 Å². The summed E-state index contributed by atoms with van der Waals surface area (Å²) >= 11 is 1.38. The van der Waals surface area contributed by atoms with Crippen LogP contribution >= 0.6 is 11.3 Å². The Kier molecular flexibility index (Phi) is 6.03. The van der Waals surface area contributed by atoms with E-state index in [0.29, 0.717) is 18.0 Å². The van der Waals surface area contributed by atoms with Crippen LogP contribution in [0.5, 0.6) is 0 Å². The van der Waals surface area contributed by atoms with Crippen LogP contribution in [0.2, 0.25) is 0 Å². The summed E-state index contributed by atoms with van der Waals surface area (Å²) in [7, 11) is 0. The molecule has 0 saturated carbocycles. The van der Waals surface area contributed by atoms with Crippen molar-refractivity contribution in [2.45, 2.75) is 26.4 Å². The van der Waals surface area contributed by atoms with Crippen molar-refractivity contribution in [1.82, 2.24) is 5.32 Å². The molecule has 0 fully saturated rings. The van der Waals surface area contributed by atoms with Crippen LogP contribution in [0.4, 0.5) is 0 Å². The minimum atomic E-state index is -0.370. The number of carbonyl (C=O) groups is 1. The summed E-state index contributed by atoms with van der Waals surface area (Å²) in [6, 6.07) is 1.83. The molecule has 0 radical (unpaired) electrons. The average Bonchev–Trinajstić information content (AvgIpc) is 2.82. The van der Waals surface area contributed by atoms with E-state index in [2.05, 4.69) is 17.2 Å². The molecule has 0 aliphatic heterocycles. The summed E-state index contributed by atoms with van der Waals surface area (Å²) in [6.45, 7) is 7.19. The molecule has 0 aromatic carbocycles. The maximum atomic E-state index is 12.1. The zero-order valence-corrected chi connectivity index (χ0v) is 12.4. The van der Waals surface area contributed by atoms with E-state index in [1.165, 1.54) is 11.3 Å². The van der Waals surface area contributed by atoms with Crippen molar-refractivity contribution < 1.29 is 9.53 Å². The third-order valence-corrected chi connectivity index (χ3v) is 3.32. The van der Waals surface area contributed by atoms with Gasteiger partial charge in [-0.1, -0.05) is 11.8 Å². The molecule has 1 aromatic rings. The first-order valence-electron chi connectivity index (χ1n) is 6.18. The van der Waals surface area contributed by atoms with Crippen LogP contribution < -0.4 is 11.1 Å². The van der Waals surface area contributed by atoms with Crippen molar-refractivity contribution in [3.05, 3.63) is 21.9 Å². The molecule has 4 nitrogen and oxygen atoms in total. The maximum Gasteiger partial charge on any atom is 0.262 e. The second kappa shape index (κ2) is 7.29. The highest BCUT2D eigenvalue weighted by Crippen LogP contribution is 2.16. The lowest BCUT2D eigenvalue weighted by atomic mass is 10.1. The molecule has 0 atom stereocenters. The zero-order valence-electron chi connectivity index (χ0n) is 11.6. The van der Waals surface area contributed by atoms with Crippen LogP contribution in [-0.2, 0) is 4.74 Å². The molecule has 19 heavy (non-hydrogen) atoms. The lowest BCUT2D eigenvalue weighted by molar-refractivity contribution is -0.00813. The average molecular weight is 280 g/mol. The van der Waals surface area contributed by atoms with Crippen molar-refractivity contribution in [3.8, 4) is 11.8 Å². The molecule has 0 spiro atoms. The Morgan fingerprint density at radius 3 is 2.95 bits per heavy atom. The predicted octanol–water partition coefficient (Wildman–Crippen LogP) is 1.60. The van der Waals surface area contributed by atoms with Crippen molar-refractivity contribution in [2.24, 2.45) is 5.73 Å². The summed E-state index contributed by atoms with van der Waals surface area (Å²) in [5.74, 6) is 5.54. The van der Waals surface area contributed by atoms with Gasteiger partial charge < -0.3 is 15.8 Å². The lowest BCUT2D eigenvalue weighted by Gasteiger charge is -2.24. The first kappa shape index (κ1) is 15.7. The number of amides is 1. The Morgan fingerprint density at radius 2 is 2.32 bits per heavy atom. The summed E-state index contributed by atoms with van der Waals surface area (Å²) in [6.07, 6.45) is 0. The van der Waals surface area contributed by atoms with Crippen LogP contribution in [0, 0.1) is 11.8 Å². The SMILES string of the molecule is CCOC(C)(C)CNC(=O)c1sccc1C#CCN. The van der Waals surface area contributed by atoms with Crippen molar-refractivity contribution in [1.29, 1.82) is 0 Å². The van der Waals surface area contributed by atoms with E-state index in [4.69, 9.17) is 10.5 Å². The Balaban J connectivity index is 2.66. The number of hydrogen-bond donors (Lipinski definition) is 2. The fourth-order valence-corrected chi connectivity index (χ4v) is 2.31. The van der Waals surface area contributed by atoms with Crippen molar-refractivity contribution in [3.63, 3.8) is 0 Å². The van der Waals surface area contributed by atoms with Crippen LogP contribution in [-0.4, -0.2) is 31.2 Å². The molecule has 1 amide bonds. The molecule has 0 aliphatic rings. The van der Waals surface area contributed by atoms with Crippen molar-refractivity contribution >= 4 is 17.2 Å². The minimum absolute atomic E-state index is 0.121. The third kappa shape index (κ3) is 5.03. The second-order valence-corrected chi connectivity index (χ2v) is 5.46. The van der Waals surface area contributed by atoms with E-state index >= 15 is 0 Å². The number of nitrogens with two attached hydrogens (primary N) is 1. The molecule has 1 rings (SSSR count). The molecule has 104 valence electrons. The highest BCUT2D eigenvalue weighted by atomic mass is 32.1.